The van der Waals surface area contributed by atoms with Crippen LogP contribution in [0.2, 0.25) is 0 Å². The maximum absolute atomic E-state index is 11.6. The second kappa shape index (κ2) is 5.31. The molecule has 1 aromatic heterocycles. The molecule has 2 heterocycles. The molecule has 0 saturated carbocycles. The molecule has 0 spiro atoms. The standard InChI is InChI=1S/C12H18N2O3/c1-2-9-8-14(12(16)13-11(9)15)6-5-10-4-3-7-17-10/h8,10H,2-7H2,1H3,(H,13,15,16). The molecule has 0 aromatic carbocycles. The molecule has 5 nitrogen and oxygen atoms in total. The molecule has 1 fully saturated rings. The molecular weight excluding hydrogens is 220 g/mol. The zero-order valence-corrected chi connectivity index (χ0v) is 10.1. The van der Waals surface area contributed by atoms with Crippen LogP contribution in [0.5, 0.6) is 0 Å². The lowest BCUT2D eigenvalue weighted by Crippen LogP contribution is -2.32. The lowest BCUT2D eigenvalue weighted by molar-refractivity contribution is 0.1000. The maximum Gasteiger partial charge on any atom is 0.328 e. The van der Waals surface area contributed by atoms with Crippen molar-refractivity contribution in [1.29, 1.82) is 0 Å². The van der Waals surface area contributed by atoms with Gasteiger partial charge in [-0.1, -0.05) is 6.92 Å². The highest BCUT2D eigenvalue weighted by Gasteiger charge is 2.15. The predicted octanol–water partition coefficient (Wildman–Crippen LogP) is 0.668. The van der Waals surface area contributed by atoms with E-state index in [1.54, 1.807) is 10.8 Å². The van der Waals surface area contributed by atoms with Gasteiger partial charge in [-0.05, 0) is 25.7 Å². The van der Waals surface area contributed by atoms with Crippen LogP contribution in [0.4, 0.5) is 0 Å². The van der Waals surface area contributed by atoms with Gasteiger partial charge in [-0.2, -0.15) is 0 Å². The van der Waals surface area contributed by atoms with Gasteiger partial charge in [-0.15, -0.1) is 0 Å². The number of nitrogens with one attached hydrogen (secondary N) is 1. The van der Waals surface area contributed by atoms with Crippen molar-refractivity contribution >= 4 is 0 Å². The Hall–Kier alpha value is -1.36. The van der Waals surface area contributed by atoms with Crippen LogP contribution in [-0.2, 0) is 17.7 Å². The first kappa shape index (κ1) is 12.1. The third-order valence-electron chi connectivity index (χ3n) is 3.18. The summed E-state index contributed by atoms with van der Waals surface area (Å²) in [5.41, 5.74) is 0.0491. The average molecular weight is 238 g/mol. The Morgan fingerprint density at radius 3 is 3.00 bits per heavy atom. The van der Waals surface area contributed by atoms with Crippen LogP contribution in [0.3, 0.4) is 0 Å². The van der Waals surface area contributed by atoms with Crippen LogP contribution in [-0.4, -0.2) is 22.3 Å². The summed E-state index contributed by atoms with van der Waals surface area (Å²) in [6.45, 7) is 3.33. The molecule has 2 rings (SSSR count). The van der Waals surface area contributed by atoms with Gasteiger partial charge in [0.15, 0.2) is 0 Å². The Morgan fingerprint density at radius 1 is 1.53 bits per heavy atom. The molecule has 0 aliphatic carbocycles. The van der Waals surface area contributed by atoms with E-state index in [9.17, 15) is 9.59 Å². The van der Waals surface area contributed by atoms with Crippen molar-refractivity contribution in [2.24, 2.45) is 0 Å². The van der Waals surface area contributed by atoms with Crippen molar-refractivity contribution in [2.45, 2.75) is 45.3 Å². The largest absolute Gasteiger partial charge is 0.378 e. The third kappa shape index (κ3) is 2.85. The topological polar surface area (TPSA) is 64.1 Å². The van der Waals surface area contributed by atoms with Gasteiger partial charge in [0.1, 0.15) is 0 Å². The average Bonchev–Trinajstić information content (AvgIpc) is 2.81. The van der Waals surface area contributed by atoms with E-state index in [1.807, 2.05) is 6.92 Å². The maximum atomic E-state index is 11.6. The SMILES string of the molecule is CCc1cn(CCC2CCCO2)c(=O)[nH]c1=O. The number of aromatic amines is 1. The fourth-order valence-corrected chi connectivity index (χ4v) is 2.13. The predicted molar refractivity (Wildman–Crippen MR) is 64.3 cm³/mol. The van der Waals surface area contributed by atoms with E-state index in [0.717, 1.165) is 25.9 Å². The molecule has 5 heteroatoms. The van der Waals surface area contributed by atoms with Crippen molar-refractivity contribution < 1.29 is 4.74 Å². The Bertz CT molecular complexity index is 483. The Morgan fingerprint density at radius 2 is 2.35 bits per heavy atom. The van der Waals surface area contributed by atoms with Crippen LogP contribution < -0.4 is 11.2 Å². The number of hydrogen-bond acceptors (Lipinski definition) is 3. The van der Waals surface area contributed by atoms with Gasteiger partial charge >= 0.3 is 5.69 Å². The minimum absolute atomic E-state index is 0.263. The van der Waals surface area contributed by atoms with E-state index < -0.39 is 0 Å². The fraction of sp³-hybridized carbons (Fsp3) is 0.667. The van der Waals surface area contributed by atoms with Crippen LogP contribution in [0.1, 0.15) is 31.7 Å². The Labute approximate surface area is 99.4 Å². The van der Waals surface area contributed by atoms with Gasteiger partial charge in [-0.25, -0.2) is 4.79 Å². The number of aryl methyl sites for hydroxylation is 2. The first-order valence-electron chi connectivity index (χ1n) is 6.15. The number of rotatable bonds is 4. The normalized spacial score (nSPS) is 19.7. The monoisotopic (exact) mass is 238 g/mol. The molecular formula is C12H18N2O3. The molecule has 1 aliphatic rings. The van der Waals surface area contributed by atoms with Gasteiger partial charge < -0.3 is 9.30 Å². The van der Waals surface area contributed by atoms with Crippen molar-refractivity contribution in [2.75, 3.05) is 6.61 Å². The van der Waals surface area contributed by atoms with Gasteiger partial charge in [0.25, 0.3) is 5.56 Å². The zero-order valence-electron chi connectivity index (χ0n) is 10.1. The summed E-state index contributed by atoms with van der Waals surface area (Å²) in [6, 6.07) is 0. The summed E-state index contributed by atoms with van der Waals surface area (Å²) >= 11 is 0. The molecule has 0 radical (unpaired) electrons. The molecule has 1 unspecified atom stereocenters. The van der Waals surface area contributed by atoms with E-state index in [1.165, 1.54) is 0 Å². The highest BCUT2D eigenvalue weighted by atomic mass is 16.5. The molecule has 1 aromatic rings. The summed E-state index contributed by atoms with van der Waals surface area (Å²) in [5.74, 6) is 0. The smallest absolute Gasteiger partial charge is 0.328 e. The highest BCUT2D eigenvalue weighted by Crippen LogP contribution is 2.15. The molecule has 1 N–H and O–H groups in total. The quantitative estimate of drug-likeness (QED) is 0.838. The highest BCUT2D eigenvalue weighted by molar-refractivity contribution is 5.03. The molecule has 0 bridgehead atoms. The fourth-order valence-electron chi connectivity index (χ4n) is 2.13. The van der Waals surface area contributed by atoms with Crippen molar-refractivity contribution in [1.82, 2.24) is 9.55 Å². The second-order valence-electron chi connectivity index (χ2n) is 4.38. The number of H-pyrrole nitrogens is 1. The van der Waals surface area contributed by atoms with Gasteiger partial charge in [0.2, 0.25) is 0 Å². The van der Waals surface area contributed by atoms with Crippen LogP contribution in [0, 0.1) is 0 Å². The minimum atomic E-state index is -0.329. The molecule has 0 amide bonds. The molecule has 1 aliphatic heterocycles. The lowest BCUT2D eigenvalue weighted by Gasteiger charge is -2.11. The van der Waals surface area contributed by atoms with E-state index in [0.29, 0.717) is 18.5 Å². The number of nitrogens with zero attached hydrogens (tertiary/aromatic N) is 1. The van der Waals surface area contributed by atoms with Gasteiger partial charge in [0.05, 0.1) is 6.10 Å². The molecule has 1 saturated heterocycles. The van der Waals surface area contributed by atoms with E-state index in [4.69, 9.17) is 4.74 Å². The summed E-state index contributed by atoms with van der Waals surface area (Å²) in [6.07, 6.45) is 5.56. The summed E-state index contributed by atoms with van der Waals surface area (Å²) < 4.78 is 7.08. The number of aromatic nitrogens is 2. The Balaban J connectivity index is 2.09. The minimum Gasteiger partial charge on any atom is -0.378 e. The van der Waals surface area contributed by atoms with E-state index in [2.05, 4.69) is 4.98 Å². The lowest BCUT2D eigenvalue weighted by atomic mass is 10.2. The third-order valence-corrected chi connectivity index (χ3v) is 3.18. The number of ether oxygens (including phenoxy) is 1. The van der Waals surface area contributed by atoms with Crippen LogP contribution >= 0.6 is 0 Å². The summed E-state index contributed by atoms with van der Waals surface area (Å²) in [5, 5.41) is 0. The summed E-state index contributed by atoms with van der Waals surface area (Å²) in [7, 11) is 0. The molecule has 94 valence electrons. The Kier molecular flexibility index (Phi) is 3.78. The van der Waals surface area contributed by atoms with Gasteiger partial charge in [0, 0.05) is 24.9 Å². The van der Waals surface area contributed by atoms with Gasteiger partial charge in [-0.3, -0.25) is 9.78 Å². The van der Waals surface area contributed by atoms with Crippen molar-refractivity contribution in [3.05, 3.63) is 32.6 Å². The summed E-state index contributed by atoms with van der Waals surface area (Å²) in [4.78, 5) is 25.3. The van der Waals surface area contributed by atoms with Crippen LogP contribution in [0.25, 0.3) is 0 Å². The van der Waals surface area contributed by atoms with Crippen molar-refractivity contribution in [3.8, 4) is 0 Å². The van der Waals surface area contributed by atoms with E-state index in [-0.39, 0.29) is 17.4 Å². The zero-order chi connectivity index (χ0) is 12.3. The van der Waals surface area contributed by atoms with Crippen LogP contribution in [0.15, 0.2) is 15.8 Å². The second-order valence-corrected chi connectivity index (χ2v) is 4.38. The van der Waals surface area contributed by atoms with Crippen molar-refractivity contribution in [3.63, 3.8) is 0 Å². The van der Waals surface area contributed by atoms with E-state index >= 15 is 0 Å². The molecule has 1 atom stereocenters. The first-order valence-corrected chi connectivity index (χ1v) is 6.15. The first-order chi connectivity index (χ1) is 8.20. The molecule has 17 heavy (non-hydrogen) atoms. The number of hydrogen-bond donors (Lipinski definition) is 1.